The molecule has 2 heterocycles. The van der Waals surface area contributed by atoms with Crippen molar-refractivity contribution in [2.75, 3.05) is 4.90 Å². The summed E-state index contributed by atoms with van der Waals surface area (Å²) < 4.78 is 0. The maximum Gasteiger partial charge on any atom is 0.271 e. The van der Waals surface area contributed by atoms with Crippen LogP contribution in [0.4, 0.5) is 11.5 Å². The number of aromatic amines is 1. The number of anilines is 2. The van der Waals surface area contributed by atoms with Gasteiger partial charge in [-0.2, -0.15) is 0 Å². The predicted molar refractivity (Wildman–Crippen MR) is 71.6 cm³/mol. The Hall–Kier alpha value is -1.81. The van der Waals surface area contributed by atoms with Gasteiger partial charge in [0.15, 0.2) is 5.82 Å². The van der Waals surface area contributed by atoms with E-state index in [2.05, 4.69) is 23.0 Å². The van der Waals surface area contributed by atoms with Gasteiger partial charge in [0.2, 0.25) is 0 Å². The number of nitrogens with zero attached hydrogens (tertiary/aromatic N) is 2. The summed E-state index contributed by atoms with van der Waals surface area (Å²) in [5, 5.41) is 0.140. The average molecular weight is 262 g/mol. The lowest BCUT2D eigenvalue weighted by Gasteiger charge is -2.24. The largest absolute Gasteiger partial charge is 0.322 e. The van der Waals surface area contributed by atoms with Gasteiger partial charge >= 0.3 is 0 Å². The maximum atomic E-state index is 11.6. The molecule has 0 radical (unpaired) electrons. The van der Waals surface area contributed by atoms with Crippen molar-refractivity contribution in [1.82, 2.24) is 9.97 Å². The van der Waals surface area contributed by atoms with Crippen molar-refractivity contribution >= 4 is 23.1 Å². The highest BCUT2D eigenvalue weighted by Gasteiger charge is 2.29. The number of hydrogen-bond acceptors (Lipinski definition) is 3. The van der Waals surface area contributed by atoms with E-state index in [4.69, 9.17) is 11.6 Å². The lowest BCUT2D eigenvalue weighted by Crippen LogP contribution is -2.27. The molecular formula is C13H12ClN3O. The summed E-state index contributed by atoms with van der Waals surface area (Å²) in [6, 6.07) is 8.35. The quantitative estimate of drug-likeness (QED) is 0.858. The molecule has 3 rings (SSSR count). The fourth-order valence-electron chi connectivity index (χ4n) is 2.43. The Morgan fingerprint density at radius 1 is 1.44 bits per heavy atom. The highest BCUT2D eigenvalue weighted by molar-refractivity contribution is 6.32. The SMILES string of the molecule is CC1Cc2ccccc2N1c1nc[nH]c(=O)c1Cl. The molecule has 0 spiro atoms. The first-order chi connectivity index (χ1) is 8.68. The van der Waals surface area contributed by atoms with Crippen molar-refractivity contribution in [3.8, 4) is 0 Å². The van der Waals surface area contributed by atoms with Crippen LogP contribution in [0.15, 0.2) is 35.4 Å². The molecule has 0 saturated heterocycles. The number of nitrogens with one attached hydrogen (secondary N) is 1. The minimum atomic E-state index is -0.307. The smallest absolute Gasteiger partial charge is 0.271 e. The lowest BCUT2D eigenvalue weighted by molar-refractivity contribution is 0.748. The number of rotatable bonds is 1. The molecule has 1 aliphatic heterocycles. The molecule has 1 unspecified atom stereocenters. The van der Waals surface area contributed by atoms with E-state index in [9.17, 15) is 4.79 Å². The van der Waals surface area contributed by atoms with E-state index in [-0.39, 0.29) is 16.6 Å². The van der Waals surface area contributed by atoms with Gasteiger partial charge in [0, 0.05) is 11.7 Å². The molecule has 1 aromatic heterocycles. The van der Waals surface area contributed by atoms with Gasteiger partial charge in [-0.05, 0) is 25.0 Å². The van der Waals surface area contributed by atoms with Gasteiger partial charge in [-0.15, -0.1) is 0 Å². The molecule has 0 saturated carbocycles. The van der Waals surface area contributed by atoms with E-state index >= 15 is 0 Å². The number of halogens is 1. The third-order valence-electron chi connectivity index (χ3n) is 3.21. The van der Waals surface area contributed by atoms with E-state index < -0.39 is 0 Å². The zero-order valence-corrected chi connectivity index (χ0v) is 10.6. The Morgan fingerprint density at radius 3 is 3.06 bits per heavy atom. The molecule has 0 bridgehead atoms. The topological polar surface area (TPSA) is 49.0 Å². The van der Waals surface area contributed by atoms with Crippen LogP contribution in [0.25, 0.3) is 0 Å². The van der Waals surface area contributed by atoms with Crippen LogP contribution in [0.1, 0.15) is 12.5 Å². The van der Waals surface area contributed by atoms with Gasteiger partial charge in [0.25, 0.3) is 5.56 Å². The third kappa shape index (κ3) is 1.61. The van der Waals surface area contributed by atoms with Crippen LogP contribution >= 0.6 is 11.6 Å². The van der Waals surface area contributed by atoms with Crippen LogP contribution in [-0.2, 0) is 6.42 Å². The van der Waals surface area contributed by atoms with Gasteiger partial charge in [-0.3, -0.25) is 4.79 Å². The standard InChI is InChI=1S/C13H12ClN3O/c1-8-6-9-4-2-3-5-10(9)17(8)12-11(14)13(18)16-7-15-12/h2-5,7-8H,6H2,1H3,(H,15,16,18). The summed E-state index contributed by atoms with van der Waals surface area (Å²) in [6.45, 7) is 2.10. The van der Waals surface area contributed by atoms with E-state index in [1.54, 1.807) is 0 Å². The summed E-state index contributed by atoms with van der Waals surface area (Å²) in [5.74, 6) is 0.526. The zero-order chi connectivity index (χ0) is 12.7. The third-order valence-corrected chi connectivity index (χ3v) is 3.55. The molecule has 1 N–H and O–H groups in total. The van der Waals surface area contributed by atoms with Crippen molar-refractivity contribution in [1.29, 1.82) is 0 Å². The summed E-state index contributed by atoms with van der Waals surface area (Å²) in [4.78, 5) is 20.3. The Morgan fingerprint density at radius 2 is 2.22 bits per heavy atom. The highest BCUT2D eigenvalue weighted by atomic mass is 35.5. The Balaban J connectivity index is 2.18. The summed E-state index contributed by atoms with van der Waals surface area (Å²) in [5.41, 5.74) is 2.02. The number of para-hydroxylation sites is 1. The average Bonchev–Trinajstić information content (AvgIpc) is 2.69. The molecule has 2 aromatic rings. The first-order valence-electron chi connectivity index (χ1n) is 5.79. The molecule has 1 aromatic carbocycles. The van der Waals surface area contributed by atoms with Gasteiger partial charge in [-0.25, -0.2) is 4.98 Å². The van der Waals surface area contributed by atoms with Crippen molar-refractivity contribution in [3.05, 3.63) is 51.5 Å². The minimum Gasteiger partial charge on any atom is -0.322 e. The normalized spacial score (nSPS) is 17.9. The second-order valence-electron chi connectivity index (χ2n) is 4.42. The molecule has 18 heavy (non-hydrogen) atoms. The van der Waals surface area contributed by atoms with Crippen molar-refractivity contribution < 1.29 is 0 Å². The molecule has 0 fully saturated rings. The van der Waals surface area contributed by atoms with Gasteiger partial charge in [0.1, 0.15) is 5.02 Å². The van der Waals surface area contributed by atoms with Crippen molar-refractivity contribution in [2.45, 2.75) is 19.4 Å². The highest BCUT2D eigenvalue weighted by Crippen LogP contribution is 2.38. The Bertz CT molecular complexity index is 653. The van der Waals surface area contributed by atoms with E-state index in [0.29, 0.717) is 5.82 Å². The summed E-state index contributed by atoms with van der Waals surface area (Å²) >= 11 is 6.06. The van der Waals surface area contributed by atoms with Crippen LogP contribution in [0.3, 0.4) is 0 Å². The fourth-order valence-corrected chi connectivity index (χ4v) is 2.62. The van der Waals surface area contributed by atoms with Crippen LogP contribution in [0, 0.1) is 0 Å². The number of fused-ring (bicyclic) bond motifs is 1. The molecule has 0 aliphatic carbocycles. The van der Waals surface area contributed by atoms with Crippen LogP contribution in [0.2, 0.25) is 5.02 Å². The van der Waals surface area contributed by atoms with Crippen LogP contribution < -0.4 is 10.5 Å². The maximum absolute atomic E-state index is 11.6. The lowest BCUT2D eigenvalue weighted by atomic mass is 10.1. The van der Waals surface area contributed by atoms with Crippen molar-refractivity contribution in [3.63, 3.8) is 0 Å². The number of hydrogen-bond donors (Lipinski definition) is 1. The Kier molecular flexibility index (Phi) is 2.59. The van der Waals surface area contributed by atoms with E-state index in [0.717, 1.165) is 12.1 Å². The van der Waals surface area contributed by atoms with E-state index in [1.165, 1.54) is 11.9 Å². The predicted octanol–water partition coefficient (Wildman–Crippen LogP) is 2.51. The monoisotopic (exact) mass is 261 g/mol. The second kappa shape index (κ2) is 4.14. The van der Waals surface area contributed by atoms with Gasteiger partial charge in [0.05, 0.1) is 6.33 Å². The molecule has 0 amide bonds. The minimum absolute atomic E-state index is 0.140. The molecule has 5 heteroatoms. The van der Waals surface area contributed by atoms with Crippen LogP contribution in [0.5, 0.6) is 0 Å². The molecule has 1 atom stereocenters. The molecule has 1 aliphatic rings. The number of benzene rings is 1. The van der Waals surface area contributed by atoms with Gasteiger partial charge in [-0.1, -0.05) is 29.8 Å². The first-order valence-corrected chi connectivity index (χ1v) is 6.16. The molecular weight excluding hydrogens is 250 g/mol. The summed E-state index contributed by atoms with van der Waals surface area (Å²) in [6.07, 6.45) is 2.32. The van der Waals surface area contributed by atoms with E-state index in [1.807, 2.05) is 23.1 Å². The fraction of sp³-hybridized carbons (Fsp3) is 0.231. The summed E-state index contributed by atoms with van der Waals surface area (Å²) in [7, 11) is 0. The number of aromatic nitrogens is 2. The zero-order valence-electron chi connectivity index (χ0n) is 9.85. The van der Waals surface area contributed by atoms with Crippen molar-refractivity contribution in [2.24, 2.45) is 0 Å². The first kappa shape index (κ1) is 11.3. The van der Waals surface area contributed by atoms with Crippen LogP contribution in [-0.4, -0.2) is 16.0 Å². The Labute approximate surface area is 109 Å². The number of H-pyrrole nitrogens is 1. The molecule has 4 nitrogen and oxygen atoms in total. The van der Waals surface area contributed by atoms with Gasteiger partial charge < -0.3 is 9.88 Å². The second-order valence-corrected chi connectivity index (χ2v) is 4.80. The molecule has 92 valence electrons.